The first-order valence-corrected chi connectivity index (χ1v) is 7.09. The van der Waals surface area contributed by atoms with Crippen LogP contribution >= 0.6 is 0 Å². The van der Waals surface area contributed by atoms with Crippen molar-refractivity contribution in [1.82, 2.24) is 9.97 Å². The highest BCUT2D eigenvalue weighted by atomic mass is 15.2. The van der Waals surface area contributed by atoms with E-state index in [1.165, 1.54) is 6.42 Å². The minimum Gasteiger partial charge on any atom is -0.373 e. The molecular weight excluding hydrogens is 236 g/mol. The van der Waals surface area contributed by atoms with E-state index in [9.17, 15) is 0 Å². The van der Waals surface area contributed by atoms with Gasteiger partial charge in [0.05, 0.1) is 0 Å². The molecule has 0 radical (unpaired) electrons. The van der Waals surface area contributed by atoms with Gasteiger partial charge < -0.3 is 10.2 Å². The van der Waals surface area contributed by atoms with E-state index in [1.54, 1.807) is 0 Å². The highest BCUT2D eigenvalue weighted by Gasteiger charge is 2.33. The van der Waals surface area contributed by atoms with Gasteiger partial charge >= 0.3 is 0 Å². The van der Waals surface area contributed by atoms with E-state index in [0.717, 1.165) is 35.8 Å². The van der Waals surface area contributed by atoms with E-state index in [1.807, 2.05) is 13.1 Å². The van der Waals surface area contributed by atoms with E-state index < -0.39 is 0 Å². The second kappa shape index (κ2) is 4.99. The van der Waals surface area contributed by atoms with Crippen LogP contribution in [0.5, 0.6) is 0 Å². The molecule has 4 heteroatoms. The molecule has 19 heavy (non-hydrogen) atoms. The predicted octanol–water partition coefficient (Wildman–Crippen LogP) is 2.91. The predicted molar refractivity (Wildman–Crippen MR) is 80.8 cm³/mol. The SMILES string of the molecule is CNc1cc(N(C)CC2CC2C)nc(C(C)(C)C)n1. The summed E-state index contributed by atoms with van der Waals surface area (Å²) in [5, 5.41) is 3.13. The van der Waals surface area contributed by atoms with E-state index >= 15 is 0 Å². The molecule has 0 saturated heterocycles. The lowest BCUT2D eigenvalue weighted by Gasteiger charge is -2.23. The minimum atomic E-state index is -0.0324. The van der Waals surface area contributed by atoms with Crippen molar-refractivity contribution in [1.29, 1.82) is 0 Å². The van der Waals surface area contributed by atoms with Crippen molar-refractivity contribution in [2.24, 2.45) is 11.8 Å². The van der Waals surface area contributed by atoms with Crippen molar-refractivity contribution < 1.29 is 0 Å². The Kier molecular flexibility index (Phi) is 3.70. The third-order valence-corrected chi connectivity index (χ3v) is 3.82. The van der Waals surface area contributed by atoms with Crippen LogP contribution in [0.2, 0.25) is 0 Å². The van der Waals surface area contributed by atoms with E-state index in [4.69, 9.17) is 4.98 Å². The van der Waals surface area contributed by atoms with Crippen molar-refractivity contribution in [3.63, 3.8) is 0 Å². The Hall–Kier alpha value is -1.32. The lowest BCUT2D eigenvalue weighted by atomic mass is 9.96. The van der Waals surface area contributed by atoms with Crippen LogP contribution in [0.1, 0.15) is 39.9 Å². The molecule has 1 fully saturated rings. The summed E-state index contributed by atoms with van der Waals surface area (Å²) in [5.74, 6) is 4.50. The van der Waals surface area contributed by atoms with Crippen molar-refractivity contribution in [2.45, 2.75) is 39.5 Å². The molecule has 1 N–H and O–H groups in total. The molecule has 2 unspecified atom stereocenters. The van der Waals surface area contributed by atoms with Gasteiger partial charge in [-0.1, -0.05) is 27.7 Å². The van der Waals surface area contributed by atoms with Crippen molar-refractivity contribution in [3.8, 4) is 0 Å². The van der Waals surface area contributed by atoms with Crippen LogP contribution in [0, 0.1) is 11.8 Å². The summed E-state index contributed by atoms with van der Waals surface area (Å²) in [5.41, 5.74) is -0.0324. The number of hydrogen-bond acceptors (Lipinski definition) is 4. The van der Waals surface area contributed by atoms with Crippen molar-refractivity contribution >= 4 is 11.6 Å². The molecule has 0 aromatic carbocycles. The monoisotopic (exact) mass is 262 g/mol. The fourth-order valence-electron chi connectivity index (χ4n) is 2.19. The standard InChI is InChI=1S/C15H26N4/c1-10-7-11(10)9-19(6)13-8-12(16-5)17-14(18-13)15(2,3)4/h8,10-11H,7,9H2,1-6H3,(H,16,17,18). The van der Waals surface area contributed by atoms with Crippen LogP contribution in [0.4, 0.5) is 11.6 Å². The molecule has 4 nitrogen and oxygen atoms in total. The zero-order valence-electron chi connectivity index (χ0n) is 13.0. The molecule has 1 saturated carbocycles. The summed E-state index contributed by atoms with van der Waals surface area (Å²) >= 11 is 0. The highest BCUT2D eigenvalue weighted by Crippen LogP contribution is 2.38. The summed E-state index contributed by atoms with van der Waals surface area (Å²) in [4.78, 5) is 11.6. The van der Waals surface area contributed by atoms with Crippen LogP contribution in [0.25, 0.3) is 0 Å². The quantitative estimate of drug-likeness (QED) is 0.906. The van der Waals surface area contributed by atoms with Gasteiger partial charge in [-0.2, -0.15) is 0 Å². The van der Waals surface area contributed by atoms with E-state index in [2.05, 4.69) is 49.9 Å². The first-order chi connectivity index (χ1) is 8.81. The summed E-state index contributed by atoms with van der Waals surface area (Å²) in [7, 11) is 4.03. The normalized spacial score (nSPS) is 22.2. The van der Waals surface area contributed by atoms with Crippen LogP contribution in [-0.2, 0) is 5.41 Å². The van der Waals surface area contributed by atoms with Gasteiger partial charge in [0.1, 0.15) is 17.5 Å². The Balaban J connectivity index is 2.23. The number of hydrogen-bond donors (Lipinski definition) is 1. The van der Waals surface area contributed by atoms with Crippen molar-refractivity contribution in [2.75, 3.05) is 30.9 Å². The zero-order valence-corrected chi connectivity index (χ0v) is 13.0. The maximum Gasteiger partial charge on any atom is 0.138 e. The molecule has 106 valence electrons. The summed E-state index contributed by atoms with van der Waals surface area (Å²) in [6.45, 7) is 9.85. The molecule has 1 aromatic rings. The number of rotatable bonds is 4. The van der Waals surface area contributed by atoms with Crippen molar-refractivity contribution in [3.05, 3.63) is 11.9 Å². The molecule has 2 atom stereocenters. The molecule has 1 heterocycles. The lowest BCUT2D eigenvalue weighted by Crippen LogP contribution is -2.25. The van der Waals surface area contributed by atoms with Gasteiger partial charge in [0.25, 0.3) is 0 Å². The Labute approximate surface area is 116 Å². The fourth-order valence-corrected chi connectivity index (χ4v) is 2.19. The van der Waals surface area contributed by atoms with Gasteiger partial charge in [0.2, 0.25) is 0 Å². The molecule has 0 bridgehead atoms. The van der Waals surface area contributed by atoms with E-state index in [0.29, 0.717) is 0 Å². The smallest absolute Gasteiger partial charge is 0.138 e. The molecular formula is C15H26N4. The largest absolute Gasteiger partial charge is 0.373 e. The molecule has 1 aromatic heterocycles. The molecule has 0 spiro atoms. The molecule has 1 aliphatic rings. The second-order valence-electron chi connectivity index (χ2n) is 6.79. The first-order valence-electron chi connectivity index (χ1n) is 7.09. The first kappa shape index (κ1) is 14.1. The van der Waals surface area contributed by atoms with Gasteiger partial charge in [-0.15, -0.1) is 0 Å². The maximum atomic E-state index is 4.73. The second-order valence-corrected chi connectivity index (χ2v) is 6.79. The Bertz CT molecular complexity index is 450. The summed E-state index contributed by atoms with van der Waals surface area (Å²) in [6, 6.07) is 2.03. The Morgan fingerprint density at radius 2 is 2.00 bits per heavy atom. The number of nitrogens with one attached hydrogen (secondary N) is 1. The Morgan fingerprint density at radius 1 is 1.37 bits per heavy atom. The van der Waals surface area contributed by atoms with Gasteiger partial charge in [-0.25, -0.2) is 9.97 Å². The van der Waals surface area contributed by atoms with Crippen LogP contribution in [0.3, 0.4) is 0 Å². The van der Waals surface area contributed by atoms with Gasteiger partial charge in [0, 0.05) is 32.1 Å². The minimum absolute atomic E-state index is 0.0324. The average molecular weight is 262 g/mol. The van der Waals surface area contributed by atoms with Gasteiger partial charge in [-0.05, 0) is 18.3 Å². The van der Waals surface area contributed by atoms with Gasteiger partial charge in [-0.3, -0.25) is 0 Å². The third kappa shape index (κ3) is 3.37. The molecule has 2 rings (SSSR count). The molecule has 1 aliphatic carbocycles. The van der Waals surface area contributed by atoms with Gasteiger partial charge in [0.15, 0.2) is 0 Å². The van der Waals surface area contributed by atoms with Crippen LogP contribution in [-0.4, -0.2) is 30.6 Å². The van der Waals surface area contributed by atoms with E-state index in [-0.39, 0.29) is 5.41 Å². The fraction of sp³-hybridized carbons (Fsp3) is 0.733. The highest BCUT2D eigenvalue weighted by molar-refractivity contribution is 5.49. The lowest BCUT2D eigenvalue weighted by molar-refractivity contribution is 0.545. The van der Waals surface area contributed by atoms with Crippen LogP contribution < -0.4 is 10.2 Å². The topological polar surface area (TPSA) is 41.0 Å². The number of anilines is 2. The van der Waals surface area contributed by atoms with Crippen LogP contribution in [0.15, 0.2) is 6.07 Å². The summed E-state index contributed by atoms with van der Waals surface area (Å²) in [6.07, 6.45) is 1.35. The summed E-state index contributed by atoms with van der Waals surface area (Å²) < 4.78 is 0. The zero-order chi connectivity index (χ0) is 14.2. The molecule has 0 amide bonds. The average Bonchev–Trinajstić information content (AvgIpc) is 3.03. The molecule has 0 aliphatic heterocycles. The maximum absolute atomic E-state index is 4.73. The number of nitrogens with zero attached hydrogens (tertiary/aromatic N) is 3. The Morgan fingerprint density at radius 3 is 2.47 bits per heavy atom. The number of aromatic nitrogens is 2. The third-order valence-electron chi connectivity index (χ3n) is 3.82.